The first-order valence-corrected chi connectivity index (χ1v) is 3.22. The molecule has 0 fully saturated rings. The number of anilines is 1. The number of aromatic nitrogens is 3. The third-order valence-electron chi connectivity index (χ3n) is 0.985. The fourth-order valence-corrected chi connectivity index (χ4v) is 0.536. The second-order valence-corrected chi connectivity index (χ2v) is 1.84. The highest BCUT2D eigenvalue weighted by molar-refractivity contribution is 5.19. The highest BCUT2D eigenvalue weighted by Crippen LogP contribution is 1.90. The minimum atomic E-state index is 0.594. The Bertz CT molecular complexity index is 174. The molecule has 4 nitrogen and oxygen atoms in total. The van der Waals surface area contributed by atoms with Crippen LogP contribution in [0.2, 0.25) is 0 Å². The molecule has 53 valence electrons. The second-order valence-electron chi connectivity index (χ2n) is 1.84. The predicted octanol–water partition coefficient (Wildman–Crippen LogP) is 0.494. The zero-order valence-electron chi connectivity index (χ0n) is 5.83. The Morgan fingerprint density at radius 2 is 2.60 bits per heavy atom. The molecule has 0 bridgehead atoms. The van der Waals surface area contributed by atoms with Gasteiger partial charge in [-0.3, -0.25) is 0 Å². The van der Waals surface area contributed by atoms with Crippen LogP contribution >= 0.6 is 0 Å². The molecule has 1 heterocycles. The quantitative estimate of drug-likeness (QED) is 0.658. The molecule has 0 saturated heterocycles. The van der Waals surface area contributed by atoms with Crippen LogP contribution in [0.3, 0.4) is 0 Å². The summed E-state index contributed by atoms with van der Waals surface area (Å²) in [6.45, 7) is 2.97. The van der Waals surface area contributed by atoms with Crippen molar-refractivity contribution < 1.29 is 0 Å². The first-order valence-electron chi connectivity index (χ1n) is 3.22. The van der Waals surface area contributed by atoms with Crippen LogP contribution in [0.4, 0.5) is 5.95 Å². The van der Waals surface area contributed by atoms with Crippen LogP contribution in [0.15, 0.2) is 6.33 Å². The summed E-state index contributed by atoms with van der Waals surface area (Å²) in [7, 11) is 0. The summed E-state index contributed by atoms with van der Waals surface area (Å²) in [6.07, 6.45) is 4.93. The minimum Gasteiger partial charge on any atom is -0.354 e. The third kappa shape index (κ3) is 1.97. The lowest BCUT2D eigenvalue weighted by molar-refractivity contribution is 0.935. The van der Waals surface area contributed by atoms with Gasteiger partial charge in [0.05, 0.1) is 0 Å². The molecule has 0 atom stereocenters. The largest absolute Gasteiger partial charge is 0.354 e. The van der Waals surface area contributed by atoms with Crippen molar-refractivity contribution in [1.82, 2.24) is 15.0 Å². The standard InChI is InChI=1S/C6H9N4/c1-2-3-8-6-9-4-7-5-10-6/h4H,2-3H2,1H3,(H,7,8,9,10). The molecule has 0 aliphatic rings. The Kier molecular flexibility index (Phi) is 2.61. The third-order valence-corrected chi connectivity index (χ3v) is 0.985. The molecule has 0 saturated carbocycles. The van der Waals surface area contributed by atoms with Crippen LogP contribution < -0.4 is 5.32 Å². The topological polar surface area (TPSA) is 50.7 Å². The van der Waals surface area contributed by atoms with Crippen molar-refractivity contribution >= 4 is 5.95 Å². The molecule has 1 aromatic heterocycles. The molecular formula is C6H9N4. The van der Waals surface area contributed by atoms with E-state index >= 15 is 0 Å². The van der Waals surface area contributed by atoms with E-state index in [-0.39, 0.29) is 0 Å². The lowest BCUT2D eigenvalue weighted by atomic mass is 10.5. The molecule has 1 aromatic rings. The lowest BCUT2D eigenvalue weighted by Gasteiger charge is -1.98. The summed E-state index contributed by atoms with van der Waals surface area (Å²) < 4.78 is 0. The van der Waals surface area contributed by atoms with Gasteiger partial charge in [-0.1, -0.05) is 6.92 Å². The van der Waals surface area contributed by atoms with E-state index in [1.807, 2.05) is 0 Å². The Labute approximate surface area is 59.7 Å². The predicted molar refractivity (Wildman–Crippen MR) is 37.4 cm³/mol. The van der Waals surface area contributed by atoms with Crippen molar-refractivity contribution in [2.75, 3.05) is 11.9 Å². The van der Waals surface area contributed by atoms with Crippen LogP contribution in [0, 0.1) is 6.33 Å². The maximum Gasteiger partial charge on any atom is 0.226 e. The number of nitrogens with one attached hydrogen (secondary N) is 1. The zero-order chi connectivity index (χ0) is 7.23. The fourth-order valence-electron chi connectivity index (χ4n) is 0.536. The summed E-state index contributed by atoms with van der Waals surface area (Å²) >= 11 is 0. The molecule has 1 radical (unpaired) electrons. The first kappa shape index (κ1) is 6.92. The molecular weight excluding hydrogens is 128 g/mol. The normalized spacial score (nSPS) is 9.30. The smallest absolute Gasteiger partial charge is 0.226 e. The van der Waals surface area contributed by atoms with Crippen molar-refractivity contribution in [2.45, 2.75) is 13.3 Å². The number of nitrogens with zero attached hydrogens (tertiary/aromatic N) is 3. The fraction of sp³-hybridized carbons (Fsp3) is 0.500. The molecule has 10 heavy (non-hydrogen) atoms. The van der Waals surface area contributed by atoms with E-state index in [2.05, 4.69) is 33.5 Å². The zero-order valence-corrected chi connectivity index (χ0v) is 5.83. The molecule has 1 N–H and O–H groups in total. The number of hydrogen-bond donors (Lipinski definition) is 1. The lowest BCUT2D eigenvalue weighted by Crippen LogP contribution is -2.03. The van der Waals surface area contributed by atoms with Gasteiger partial charge in [0.15, 0.2) is 0 Å². The van der Waals surface area contributed by atoms with Gasteiger partial charge in [-0.05, 0) is 6.42 Å². The summed E-state index contributed by atoms with van der Waals surface area (Å²) in [4.78, 5) is 11.2. The molecule has 0 amide bonds. The highest BCUT2D eigenvalue weighted by Gasteiger charge is 1.88. The molecule has 0 aliphatic heterocycles. The van der Waals surface area contributed by atoms with Crippen molar-refractivity contribution in [3.63, 3.8) is 0 Å². The van der Waals surface area contributed by atoms with Gasteiger partial charge in [-0.2, -0.15) is 4.98 Å². The Balaban J connectivity index is 2.43. The average molecular weight is 137 g/mol. The van der Waals surface area contributed by atoms with Gasteiger partial charge >= 0.3 is 0 Å². The summed E-state index contributed by atoms with van der Waals surface area (Å²) in [5.41, 5.74) is 0. The summed E-state index contributed by atoms with van der Waals surface area (Å²) in [6, 6.07) is 0. The molecule has 0 aromatic carbocycles. The van der Waals surface area contributed by atoms with Gasteiger partial charge in [-0.15, -0.1) is 0 Å². The Morgan fingerprint density at radius 3 is 3.20 bits per heavy atom. The summed E-state index contributed by atoms with van der Waals surface area (Å²) in [5.74, 6) is 0.594. The maximum atomic E-state index is 3.85. The molecule has 0 aliphatic carbocycles. The van der Waals surface area contributed by atoms with Gasteiger partial charge in [-0.25, -0.2) is 9.97 Å². The van der Waals surface area contributed by atoms with Crippen LogP contribution in [0.5, 0.6) is 0 Å². The summed E-state index contributed by atoms with van der Waals surface area (Å²) in [5, 5.41) is 3.00. The Morgan fingerprint density at radius 1 is 1.70 bits per heavy atom. The average Bonchev–Trinajstić information content (AvgIpc) is 2.03. The van der Waals surface area contributed by atoms with Gasteiger partial charge < -0.3 is 5.32 Å². The second kappa shape index (κ2) is 3.76. The number of hydrogen-bond acceptors (Lipinski definition) is 4. The van der Waals surface area contributed by atoms with E-state index in [1.54, 1.807) is 0 Å². The first-order chi connectivity index (χ1) is 4.93. The van der Waals surface area contributed by atoms with Gasteiger partial charge in [0, 0.05) is 6.54 Å². The van der Waals surface area contributed by atoms with Crippen LogP contribution in [0.1, 0.15) is 13.3 Å². The SMILES string of the molecule is CCCNc1n[c]ncn1. The monoisotopic (exact) mass is 137 g/mol. The maximum absolute atomic E-state index is 3.85. The van der Waals surface area contributed by atoms with Crippen molar-refractivity contribution in [2.24, 2.45) is 0 Å². The van der Waals surface area contributed by atoms with Crippen LogP contribution in [-0.2, 0) is 0 Å². The van der Waals surface area contributed by atoms with Crippen LogP contribution in [-0.4, -0.2) is 21.5 Å². The van der Waals surface area contributed by atoms with E-state index < -0.39 is 0 Å². The van der Waals surface area contributed by atoms with Crippen molar-refractivity contribution in [3.8, 4) is 0 Å². The van der Waals surface area contributed by atoms with Crippen LogP contribution in [0.25, 0.3) is 0 Å². The van der Waals surface area contributed by atoms with Gasteiger partial charge in [0.25, 0.3) is 0 Å². The van der Waals surface area contributed by atoms with Gasteiger partial charge in [0.2, 0.25) is 12.3 Å². The minimum absolute atomic E-state index is 0.594. The van der Waals surface area contributed by atoms with Crippen molar-refractivity contribution in [1.29, 1.82) is 0 Å². The van der Waals surface area contributed by atoms with E-state index in [9.17, 15) is 0 Å². The van der Waals surface area contributed by atoms with E-state index in [0.717, 1.165) is 13.0 Å². The highest BCUT2D eigenvalue weighted by atomic mass is 15.1. The molecule has 0 spiro atoms. The van der Waals surface area contributed by atoms with Gasteiger partial charge in [0.1, 0.15) is 6.33 Å². The van der Waals surface area contributed by atoms with Crippen molar-refractivity contribution in [3.05, 3.63) is 12.7 Å². The van der Waals surface area contributed by atoms with E-state index in [1.165, 1.54) is 6.33 Å². The van der Waals surface area contributed by atoms with E-state index in [0.29, 0.717) is 5.95 Å². The van der Waals surface area contributed by atoms with E-state index in [4.69, 9.17) is 0 Å². The number of rotatable bonds is 3. The molecule has 1 rings (SSSR count). The molecule has 4 heteroatoms. The molecule has 0 unspecified atom stereocenters. The Hall–Kier alpha value is -1.19.